The third kappa shape index (κ3) is 3.08. The Morgan fingerprint density at radius 2 is 2.25 bits per heavy atom. The van der Waals surface area contributed by atoms with Gasteiger partial charge in [0.05, 0.1) is 12.8 Å². The van der Waals surface area contributed by atoms with Crippen molar-refractivity contribution in [3.63, 3.8) is 0 Å². The standard InChI is InChI=1S/C10H15N3O3/c1-3-5-8(14)12-9-7(6-11-13-9)10(15)16-4-2/h6H,3-5H2,1-2H3,(H2,11,12,13,14). The van der Waals surface area contributed by atoms with Crippen LogP contribution in [0.3, 0.4) is 0 Å². The molecule has 1 aromatic heterocycles. The van der Waals surface area contributed by atoms with Crippen molar-refractivity contribution in [1.29, 1.82) is 0 Å². The molecule has 1 aromatic rings. The second kappa shape index (κ2) is 5.89. The van der Waals surface area contributed by atoms with Gasteiger partial charge in [-0.2, -0.15) is 5.10 Å². The van der Waals surface area contributed by atoms with E-state index >= 15 is 0 Å². The lowest BCUT2D eigenvalue weighted by atomic mass is 10.3. The summed E-state index contributed by atoms with van der Waals surface area (Å²) in [7, 11) is 0. The molecule has 6 heteroatoms. The molecule has 2 N–H and O–H groups in total. The van der Waals surface area contributed by atoms with Crippen molar-refractivity contribution in [3.8, 4) is 0 Å². The van der Waals surface area contributed by atoms with Crippen LogP contribution in [0.25, 0.3) is 0 Å². The summed E-state index contributed by atoms with van der Waals surface area (Å²) in [4.78, 5) is 22.8. The van der Waals surface area contributed by atoms with Gasteiger partial charge in [0.25, 0.3) is 0 Å². The molecule has 0 unspecified atom stereocenters. The van der Waals surface area contributed by atoms with Crippen LogP contribution in [0.15, 0.2) is 6.20 Å². The predicted octanol–water partition coefficient (Wildman–Crippen LogP) is 1.32. The second-order valence-corrected chi connectivity index (χ2v) is 3.18. The SMILES string of the molecule is CCCC(=O)Nc1[nH]ncc1C(=O)OCC. The number of ether oxygens (including phenoxy) is 1. The van der Waals surface area contributed by atoms with E-state index in [2.05, 4.69) is 15.5 Å². The van der Waals surface area contributed by atoms with Crippen LogP contribution >= 0.6 is 0 Å². The fourth-order valence-electron chi connectivity index (χ4n) is 1.17. The van der Waals surface area contributed by atoms with Crippen LogP contribution < -0.4 is 5.32 Å². The minimum atomic E-state index is -0.497. The van der Waals surface area contributed by atoms with Crippen LogP contribution in [-0.2, 0) is 9.53 Å². The van der Waals surface area contributed by atoms with E-state index < -0.39 is 5.97 Å². The minimum absolute atomic E-state index is 0.155. The lowest BCUT2D eigenvalue weighted by molar-refractivity contribution is -0.116. The molecule has 0 aliphatic rings. The average molecular weight is 225 g/mol. The molecule has 0 spiro atoms. The molecule has 0 saturated heterocycles. The van der Waals surface area contributed by atoms with Crippen molar-refractivity contribution in [2.24, 2.45) is 0 Å². The highest BCUT2D eigenvalue weighted by molar-refractivity contribution is 5.99. The summed E-state index contributed by atoms with van der Waals surface area (Å²) in [5, 5.41) is 8.82. The van der Waals surface area contributed by atoms with Crippen LogP contribution in [0.1, 0.15) is 37.0 Å². The van der Waals surface area contributed by atoms with Crippen molar-refractivity contribution in [2.75, 3.05) is 11.9 Å². The Morgan fingerprint density at radius 1 is 1.50 bits per heavy atom. The second-order valence-electron chi connectivity index (χ2n) is 3.18. The Hall–Kier alpha value is -1.85. The van der Waals surface area contributed by atoms with Crippen molar-refractivity contribution in [2.45, 2.75) is 26.7 Å². The first-order valence-corrected chi connectivity index (χ1v) is 5.19. The molecule has 0 fully saturated rings. The van der Waals surface area contributed by atoms with Gasteiger partial charge < -0.3 is 10.1 Å². The Bertz CT molecular complexity index is 373. The smallest absolute Gasteiger partial charge is 0.343 e. The van der Waals surface area contributed by atoms with E-state index in [0.717, 1.165) is 6.42 Å². The first kappa shape index (κ1) is 12.2. The summed E-state index contributed by atoms with van der Waals surface area (Å²) in [6.45, 7) is 3.90. The average Bonchev–Trinajstić information content (AvgIpc) is 2.66. The molecule has 0 bridgehead atoms. The van der Waals surface area contributed by atoms with Gasteiger partial charge in [0, 0.05) is 6.42 Å². The molecule has 0 aromatic carbocycles. The normalized spacial score (nSPS) is 9.88. The highest BCUT2D eigenvalue weighted by atomic mass is 16.5. The zero-order valence-electron chi connectivity index (χ0n) is 9.37. The largest absolute Gasteiger partial charge is 0.462 e. The van der Waals surface area contributed by atoms with Crippen molar-refractivity contribution in [3.05, 3.63) is 11.8 Å². The van der Waals surface area contributed by atoms with E-state index in [9.17, 15) is 9.59 Å². The summed E-state index contributed by atoms with van der Waals surface area (Å²) in [5.74, 6) is -0.364. The molecule has 0 aliphatic carbocycles. The molecule has 1 amide bonds. The minimum Gasteiger partial charge on any atom is -0.462 e. The van der Waals surface area contributed by atoms with Gasteiger partial charge >= 0.3 is 5.97 Å². The van der Waals surface area contributed by atoms with Gasteiger partial charge in [-0.25, -0.2) is 4.79 Å². The maximum absolute atomic E-state index is 11.4. The van der Waals surface area contributed by atoms with Gasteiger partial charge in [0.15, 0.2) is 0 Å². The predicted molar refractivity (Wildman–Crippen MR) is 58.1 cm³/mol. The Morgan fingerprint density at radius 3 is 2.88 bits per heavy atom. The molecule has 0 atom stereocenters. The monoisotopic (exact) mass is 225 g/mol. The van der Waals surface area contributed by atoms with E-state index in [1.54, 1.807) is 6.92 Å². The number of esters is 1. The molecule has 16 heavy (non-hydrogen) atoms. The highest BCUT2D eigenvalue weighted by Gasteiger charge is 2.16. The van der Waals surface area contributed by atoms with Gasteiger partial charge in [-0.05, 0) is 13.3 Å². The molecule has 0 saturated carbocycles. The third-order valence-corrected chi connectivity index (χ3v) is 1.88. The zero-order chi connectivity index (χ0) is 12.0. The number of carbonyl (C=O) groups is 2. The Balaban J connectivity index is 2.70. The van der Waals surface area contributed by atoms with Gasteiger partial charge in [-0.15, -0.1) is 0 Å². The molecular formula is C10H15N3O3. The van der Waals surface area contributed by atoms with Gasteiger partial charge in [0.1, 0.15) is 11.4 Å². The summed E-state index contributed by atoms with van der Waals surface area (Å²) in [6.07, 6.45) is 2.48. The fourth-order valence-corrected chi connectivity index (χ4v) is 1.17. The molecule has 0 aliphatic heterocycles. The van der Waals surface area contributed by atoms with Gasteiger partial charge in [0.2, 0.25) is 5.91 Å². The first-order chi connectivity index (χ1) is 7.69. The number of aromatic nitrogens is 2. The molecule has 1 rings (SSSR count). The number of nitrogens with one attached hydrogen (secondary N) is 2. The highest BCUT2D eigenvalue weighted by Crippen LogP contribution is 2.12. The van der Waals surface area contributed by atoms with E-state index in [1.807, 2.05) is 6.92 Å². The summed E-state index contributed by atoms with van der Waals surface area (Å²) in [5.41, 5.74) is 0.242. The number of anilines is 1. The number of aromatic amines is 1. The van der Waals surface area contributed by atoms with Crippen LogP contribution in [0.4, 0.5) is 5.82 Å². The summed E-state index contributed by atoms with van der Waals surface area (Å²) < 4.78 is 4.82. The number of hydrogen-bond donors (Lipinski definition) is 2. The number of amides is 1. The van der Waals surface area contributed by atoms with Gasteiger partial charge in [-0.1, -0.05) is 6.92 Å². The maximum Gasteiger partial charge on any atom is 0.343 e. The van der Waals surface area contributed by atoms with Gasteiger partial charge in [-0.3, -0.25) is 9.89 Å². The lowest BCUT2D eigenvalue weighted by Crippen LogP contribution is -2.14. The van der Waals surface area contributed by atoms with Crippen molar-refractivity contribution >= 4 is 17.7 Å². The van der Waals surface area contributed by atoms with Crippen molar-refractivity contribution in [1.82, 2.24) is 10.2 Å². The number of nitrogens with zero attached hydrogens (tertiary/aromatic N) is 1. The third-order valence-electron chi connectivity index (χ3n) is 1.88. The van der Waals surface area contributed by atoms with E-state index in [0.29, 0.717) is 6.42 Å². The number of hydrogen-bond acceptors (Lipinski definition) is 4. The quantitative estimate of drug-likeness (QED) is 0.740. The topological polar surface area (TPSA) is 84.1 Å². The van der Waals surface area contributed by atoms with Crippen LogP contribution in [0.2, 0.25) is 0 Å². The molecule has 6 nitrogen and oxygen atoms in total. The number of carbonyl (C=O) groups excluding carboxylic acids is 2. The first-order valence-electron chi connectivity index (χ1n) is 5.19. The Labute approximate surface area is 93.4 Å². The summed E-state index contributed by atoms with van der Waals surface area (Å²) >= 11 is 0. The lowest BCUT2D eigenvalue weighted by Gasteiger charge is -2.04. The molecule has 88 valence electrons. The van der Waals surface area contributed by atoms with Crippen LogP contribution in [0.5, 0.6) is 0 Å². The maximum atomic E-state index is 11.4. The Kier molecular flexibility index (Phi) is 4.50. The van der Waals surface area contributed by atoms with E-state index in [1.165, 1.54) is 6.20 Å². The van der Waals surface area contributed by atoms with E-state index in [-0.39, 0.29) is 23.9 Å². The molecule has 0 radical (unpaired) electrons. The van der Waals surface area contributed by atoms with E-state index in [4.69, 9.17) is 4.74 Å². The van der Waals surface area contributed by atoms with Crippen LogP contribution in [0, 0.1) is 0 Å². The number of rotatable bonds is 5. The summed E-state index contributed by atoms with van der Waals surface area (Å²) in [6, 6.07) is 0. The van der Waals surface area contributed by atoms with Crippen molar-refractivity contribution < 1.29 is 14.3 Å². The fraction of sp³-hybridized carbons (Fsp3) is 0.500. The molecule has 1 heterocycles. The zero-order valence-corrected chi connectivity index (χ0v) is 9.37. The van der Waals surface area contributed by atoms with Crippen LogP contribution in [-0.4, -0.2) is 28.7 Å². The number of H-pyrrole nitrogens is 1. The molecular weight excluding hydrogens is 210 g/mol.